The van der Waals surface area contributed by atoms with Crippen LogP contribution in [0.3, 0.4) is 0 Å². The lowest BCUT2D eigenvalue weighted by molar-refractivity contribution is 0.267. The second-order valence-electron chi connectivity index (χ2n) is 5.70. The zero-order valence-electron chi connectivity index (χ0n) is 11.0. The Morgan fingerprint density at radius 2 is 1.80 bits per heavy atom. The molecule has 0 aromatic rings. The van der Waals surface area contributed by atoms with Gasteiger partial charge >= 0.3 is 0 Å². The van der Waals surface area contributed by atoms with Crippen molar-refractivity contribution in [1.82, 2.24) is 0 Å². The van der Waals surface area contributed by atoms with Gasteiger partial charge in [0.25, 0.3) is 0 Å². The van der Waals surface area contributed by atoms with Crippen molar-refractivity contribution in [3.8, 4) is 0 Å². The first-order valence-corrected chi connectivity index (χ1v) is 5.54. The maximum Gasteiger partial charge on any atom is 0.0688 e. The fourth-order valence-electron chi connectivity index (χ4n) is 1.87. The third-order valence-corrected chi connectivity index (χ3v) is 3.45. The number of rotatable bonds is 5. The number of hydrogen-bond acceptors (Lipinski definition) is 2. The first kappa shape index (κ1) is 14.2. The highest BCUT2D eigenvalue weighted by Crippen LogP contribution is 2.38. The van der Waals surface area contributed by atoms with E-state index >= 15 is 0 Å². The minimum Gasteiger partial charge on any atom is -0.411 e. The maximum atomic E-state index is 9.23. The Morgan fingerprint density at radius 3 is 2.07 bits per heavy atom. The molecule has 0 aromatic heterocycles. The van der Waals surface area contributed by atoms with E-state index in [2.05, 4.69) is 53.3 Å². The van der Waals surface area contributed by atoms with Gasteiger partial charge in [-0.2, -0.15) is 0 Å². The first-order chi connectivity index (χ1) is 6.70. The van der Waals surface area contributed by atoms with Gasteiger partial charge in [-0.3, -0.25) is 0 Å². The summed E-state index contributed by atoms with van der Waals surface area (Å²) >= 11 is 0. The van der Waals surface area contributed by atoms with Crippen molar-refractivity contribution in [2.75, 3.05) is 0 Å². The van der Waals surface area contributed by atoms with Crippen molar-refractivity contribution in [3.05, 3.63) is 12.7 Å². The molecule has 2 heteroatoms. The molecule has 0 aromatic carbocycles. The third-order valence-electron chi connectivity index (χ3n) is 3.45. The van der Waals surface area contributed by atoms with Crippen molar-refractivity contribution in [2.24, 2.45) is 21.9 Å². The molecular formula is C13H25NO. The molecular weight excluding hydrogens is 186 g/mol. The summed E-state index contributed by atoms with van der Waals surface area (Å²) in [6.07, 6.45) is 2.70. The van der Waals surface area contributed by atoms with Gasteiger partial charge in [-0.05, 0) is 12.3 Å². The number of hydrogen-bond donors (Lipinski definition) is 1. The Bertz CT molecular complexity index is 249. The van der Waals surface area contributed by atoms with Crippen LogP contribution in [0.15, 0.2) is 17.8 Å². The molecule has 0 aliphatic heterocycles. The quantitative estimate of drug-likeness (QED) is 0.316. The van der Waals surface area contributed by atoms with E-state index < -0.39 is 0 Å². The van der Waals surface area contributed by atoms with Crippen LogP contribution in [0.5, 0.6) is 0 Å². The summed E-state index contributed by atoms with van der Waals surface area (Å²) in [4.78, 5) is 0. The molecule has 0 heterocycles. The van der Waals surface area contributed by atoms with Crippen LogP contribution in [-0.2, 0) is 0 Å². The normalized spacial score (nSPS) is 14.5. The molecule has 0 bridgehead atoms. The van der Waals surface area contributed by atoms with Crippen molar-refractivity contribution in [3.63, 3.8) is 0 Å². The summed E-state index contributed by atoms with van der Waals surface area (Å²) in [6, 6.07) is 0. The van der Waals surface area contributed by atoms with Crippen LogP contribution >= 0.6 is 0 Å². The molecule has 15 heavy (non-hydrogen) atoms. The first-order valence-electron chi connectivity index (χ1n) is 5.54. The molecule has 0 amide bonds. The third kappa shape index (κ3) is 3.08. The lowest BCUT2D eigenvalue weighted by Gasteiger charge is -2.38. The topological polar surface area (TPSA) is 32.6 Å². The zero-order valence-corrected chi connectivity index (χ0v) is 11.0. The van der Waals surface area contributed by atoms with E-state index in [-0.39, 0.29) is 10.8 Å². The fraction of sp³-hybridized carbons (Fsp3) is 0.769. The van der Waals surface area contributed by atoms with Crippen molar-refractivity contribution >= 4 is 5.71 Å². The van der Waals surface area contributed by atoms with E-state index in [1.807, 2.05) is 6.08 Å². The number of oxime groups is 1. The molecule has 0 aliphatic rings. The summed E-state index contributed by atoms with van der Waals surface area (Å²) in [5.41, 5.74) is 0.621. The summed E-state index contributed by atoms with van der Waals surface area (Å²) in [5.74, 6) is 0.437. The molecule has 0 spiro atoms. The van der Waals surface area contributed by atoms with E-state index in [0.717, 1.165) is 12.1 Å². The highest BCUT2D eigenvalue weighted by Gasteiger charge is 2.38. The molecule has 1 N–H and O–H groups in total. The smallest absolute Gasteiger partial charge is 0.0688 e. The van der Waals surface area contributed by atoms with E-state index in [1.54, 1.807) is 0 Å². The molecule has 0 unspecified atom stereocenters. The minimum atomic E-state index is -0.135. The van der Waals surface area contributed by atoms with Gasteiger partial charge in [0.1, 0.15) is 0 Å². The summed E-state index contributed by atoms with van der Waals surface area (Å²) in [5, 5.41) is 12.8. The van der Waals surface area contributed by atoms with Crippen LogP contribution in [0.4, 0.5) is 0 Å². The zero-order chi connectivity index (χ0) is 12.3. The van der Waals surface area contributed by atoms with Gasteiger partial charge in [0, 0.05) is 10.8 Å². The summed E-state index contributed by atoms with van der Waals surface area (Å²) < 4.78 is 0. The van der Waals surface area contributed by atoms with Crippen molar-refractivity contribution in [1.29, 1.82) is 0 Å². The Hall–Kier alpha value is -0.790. The molecule has 2 nitrogen and oxygen atoms in total. The molecule has 0 fully saturated rings. The molecule has 0 radical (unpaired) electrons. The van der Waals surface area contributed by atoms with Crippen molar-refractivity contribution in [2.45, 2.75) is 48.0 Å². The van der Waals surface area contributed by atoms with Crippen LogP contribution in [0.2, 0.25) is 0 Å². The van der Waals surface area contributed by atoms with E-state index in [1.165, 1.54) is 0 Å². The number of allylic oxidation sites excluding steroid dienone is 1. The van der Waals surface area contributed by atoms with E-state index in [4.69, 9.17) is 0 Å². The van der Waals surface area contributed by atoms with Crippen LogP contribution in [0, 0.1) is 16.7 Å². The summed E-state index contributed by atoms with van der Waals surface area (Å²) in [7, 11) is 0. The number of nitrogens with zero attached hydrogens (tertiary/aromatic N) is 1. The Labute approximate surface area is 94.1 Å². The fourth-order valence-corrected chi connectivity index (χ4v) is 1.87. The molecule has 0 rings (SSSR count). The van der Waals surface area contributed by atoms with Gasteiger partial charge in [0.15, 0.2) is 0 Å². The Kier molecular flexibility index (Phi) is 4.57. The van der Waals surface area contributed by atoms with Crippen molar-refractivity contribution < 1.29 is 5.21 Å². The van der Waals surface area contributed by atoms with E-state index in [0.29, 0.717) is 5.92 Å². The largest absolute Gasteiger partial charge is 0.411 e. The minimum absolute atomic E-state index is 0.0960. The lowest BCUT2D eigenvalue weighted by Crippen LogP contribution is -2.40. The van der Waals surface area contributed by atoms with Gasteiger partial charge in [0.05, 0.1) is 5.71 Å². The predicted molar refractivity (Wildman–Crippen MR) is 66.4 cm³/mol. The SMILES string of the molecule is C=CCC(C)(C)/C(=N\O)C(C)(C)C(C)C. The average Bonchev–Trinajstić information content (AvgIpc) is 2.03. The Balaban J connectivity index is 5.18. The van der Waals surface area contributed by atoms with Gasteiger partial charge in [-0.1, -0.05) is 52.8 Å². The molecule has 0 saturated carbocycles. The molecule has 0 aliphatic carbocycles. The predicted octanol–water partition coefficient (Wildman–Crippen LogP) is 4.10. The van der Waals surface area contributed by atoms with Gasteiger partial charge in [-0.15, -0.1) is 6.58 Å². The molecule has 0 atom stereocenters. The molecule has 0 saturated heterocycles. The summed E-state index contributed by atoms with van der Waals surface area (Å²) in [6.45, 7) is 16.5. The highest BCUT2D eigenvalue weighted by atomic mass is 16.4. The van der Waals surface area contributed by atoms with Crippen LogP contribution in [-0.4, -0.2) is 10.9 Å². The second-order valence-corrected chi connectivity index (χ2v) is 5.70. The Morgan fingerprint density at radius 1 is 1.33 bits per heavy atom. The second kappa shape index (κ2) is 4.82. The van der Waals surface area contributed by atoms with Gasteiger partial charge in [-0.25, -0.2) is 0 Å². The standard InChI is InChI=1S/C13H25NO/c1-8-9-12(4,5)11(14-15)13(6,7)10(2)3/h8,10,15H,1,9H2,2-7H3/b14-11+. The maximum absolute atomic E-state index is 9.23. The lowest BCUT2D eigenvalue weighted by atomic mass is 9.66. The monoisotopic (exact) mass is 211 g/mol. The van der Waals surface area contributed by atoms with Crippen LogP contribution < -0.4 is 0 Å². The highest BCUT2D eigenvalue weighted by molar-refractivity contribution is 5.94. The van der Waals surface area contributed by atoms with Gasteiger partial charge < -0.3 is 5.21 Å². The van der Waals surface area contributed by atoms with Crippen LogP contribution in [0.25, 0.3) is 0 Å². The molecule has 88 valence electrons. The average molecular weight is 211 g/mol. The van der Waals surface area contributed by atoms with Gasteiger partial charge in [0.2, 0.25) is 0 Å². The van der Waals surface area contributed by atoms with Crippen LogP contribution in [0.1, 0.15) is 48.0 Å². The van der Waals surface area contributed by atoms with E-state index in [9.17, 15) is 5.21 Å².